The van der Waals surface area contributed by atoms with E-state index in [1.807, 2.05) is 35.8 Å². The first-order valence-corrected chi connectivity index (χ1v) is 8.36. The minimum Gasteiger partial charge on any atom is -0.438 e. The Morgan fingerprint density at radius 1 is 1.36 bits per heavy atom. The van der Waals surface area contributed by atoms with Gasteiger partial charge in [0.05, 0.1) is 5.69 Å². The number of nitrogens with zero attached hydrogens (tertiary/aromatic N) is 3. The fraction of sp³-hybridized carbons (Fsp3) is 0.533. The summed E-state index contributed by atoms with van der Waals surface area (Å²) in [6, 6.07) is 0.218. The highest BCUT2D eigenvalue weighted by Crippen LogP contribution is 2.32. The Hall–Kier alpha value is -1.76. The number of amides is 1. The maximum absolute atomic E-state index is 12.1. The van der Waals surface area contributed by atoms with Crippen molar-refractivity contribution in [1.29, 1.82) is 0 Å². The van der Waals surface area contributed by atoms with E-state index >= 15 is 0 Å². The van der Waals surface area contributed by atoms with Gasteiger partial charge >= 0.3 is 0 Å². The minimum absolute atomic E-state index is 0.157. The SMILES string of the molecule is Cc1ncoc1C(=O)NC1CCC(Sc2nccn2C)CC1. The number of nitrogens with one attached hydrogen (secondary N) is 1. The van der Waals surface area contributed by atoms with Crippen LogP contribution in [0.3, 0.4) is 0 Å². The third-order valence-electron chi connectivity index (χ3n) is 4.01. The molecule has 0 aromatic carbocycles. The third kappa shape index (κ3) is 3.35. The summed E-state index contributed by atoms with van der Waals surface area (Å²) in [6.07, 6.45) is 9.24. The summed E-state index contributed by atoms with van der Waals surface area (Å²) < 4.78 is 7.18. The quantitative estimate of drug-likeness (QED) is 0.937. The van der Waals surface area contributed by atoms with Crippen LogP contribution < -0.4 is 5.32 Å². The zero-order valence-electron chi connectivity index (χ0n) is 12.8. The second kappa shape index (κ2) is 6.56. The zero-order chi connectivity index (χ0) is 15.5. The van der Waals surface area contributed by atoms with Gasteiger partial charge in [0.1, 0.15) is 0 Å². The van der Waals surface area contributed by atoms with Crippen molar-refractivity contribution in [2.75, 3.05) is 0 Å². The molecule has 0 unspecified atom stereocenters. The Morgan fingerprint density at radius 3 is 2.73 bits per heavy atom. The van der Waals surface area contributed by atoms with Gasteiger partial charge in [-0.05, 0) is 32.6 Å². The molecule has 1 aliphatic carbocycles. The number of hydrogen-bond donors (Lipinski definition) is 1. The summed E-state index contributed by atoms with van der Waals surface area (Å²) in [4.78, 5) is 20.4. The smallest absolute Gasteiger partial charge is 0.289 e. The number of carbonyl (C=O) groups excluding carboxylic acids is 1. The van der Waals surface area contributed by atoms with Crippen LogP contribution in [-0.2, 0) is 7.05 Å². The van der Waals surface area contributed by atoms with Gasteiger partial charge in [0.15, 0.2) is 11.6 Å². The second-order valence-corrected chi connectivity index (χ2v) is 6.92. The predicted octanol–water partition coefficient (Wildman–Crippen LogP) is 2.55. The van der Waals surface area contributed by atoms with Crippen molar-refractivity contribution < 1.29 is 9.21 Å². The zero-order valence-corrected chi connectivity index (χ0v) is 13.6. The molecule has 1 aliphatic rings. The first kappa shape index (κ1) is 15.1. The second-order valence-electron chi connectivity index (χ2n) is 5.65. The van der Waals surface area contributed by atoms with Crippen molar-refractivity contribution >= 4 is 17.7 Å². The average molecular weight is 320 g/mol. The van der Waals surface area contributed by atoms with E-state index in [-0.39, 0.29) is 11.9 Å². The predicted molar refractivity (Wildman–Crippen MR) is 83.8 cm³/mol. The fourth-order valence-corrected chi connectivity index (χ4v) is 3.87. The van der Waals surface area contributed by atoms with Gasteiger partial charge in [-0.1, -0.05) is 11.8 Å². The van der Waals surface area contributed by atoms with Crippen molar-refractivity contribution in [3.05, 3.63) is 30.2 Å². The molecule has 1 N–H and O–H groups in total. The standard InChI is InChI=1S/C15H20N4O2S/c1-10-13(21-9-17-10)14(20)18-11-3-5-12(6-4-11)22-15-16-7-8-19(15)2/h7-9,11-12H,3-6H2,1-2H3,(H,18,20). The molecule has 1 fully saturated rings. The van der Waals surface area contributed by atoms with E-state index in [9.17, 15) is 4.79 Å². The maximum Gasteiger partial charge on any atom is 0.289 e. The highest BCUT2D eigenvalue weighted by Gasteiger charge is 2.25. The van der Waals surface area contributed by atoms with E-state index < -0.39 is 0 Å². The molecule has 0 aliphatic heterocycles. The van der Waals surface area contributed by atoms with Crippen LogP contribution in [0.4, 0.5) is 0 Å². The number of imidazole rings is 1. The van der Waals surface area contributed by atoms with Gasteiger partial charge < -0.3 is 14.3 Å². The Morgan fingerprint density at radius 2 is 2.14 bits per heavy atom. The lowest BCUT2D eigenvalue weighted by molar-refractivity contribution is 0.0899. The Kier molecular flexibility index (Phi) is 4.52. The molecule has 2 aromatic rings. The van der Waals surface area contributed by atoms with Crippen LogP contribution >= 0.6 is 11.8 Å². The van der Waals surface area contributed by atoms with Crippen LogP contribution in [0, 0.1) is 6.92 Å². The average Bonchev–Trinajstić information content (AvgIpc) is 3.10. The highest BCUT2D eigenvalue weighted by atomic mass is 32.2. The van der Waals surface area contributed by atoms with E-state index in [0.29, 0.717) is 16.7 Å². The van der Waals surface area contributed by atoms with E-state index in [1.165, 1.54) is 6.39 Å². The van der Waals surface area contributed by atoms with Gasteiger partial charge in [-0.15, -0.1) is 0 Å². The normalized spacial score (nSPS) is 21.7. The molecular formula is C15H20N4O2S. The first-order valence-electron chi connectivity index (χ1n) is 7.48. The lowest BCUT2D eigenvalue weighted by Crippen LogP contribution is -2.38. The van der Waals surface area contributed by atoms with Crippen molar-refractivity contribution in [3.63, 3.8) is 0 Å². The molecule has 6 nitrogen and oxygen atoms in total. The van der Waals surface area contributed by atoms with Gasteiger partial charge in [0.2, 0.25) is 5.76 Å². The number of aryl methyl sites for hydroxylation is 2. The summed E-state index contributed by atoms with van der Waals surface area (Å²) in [5.74, 6) is 0.166. The van der Waals surface area contributed by atoms with E-state index in [2.05, 4.69) is 15.3 Å². The number of thioether (sulfide) groups is 1. The molecule has 0 atom stereocenters. The van der Waals surface area contributed by atoms with Gasteiger partial charge in [-0.25, -0.2) is 9.97 Å². The minimum atomic E-state index is -0.157. The van der Waals surface area contributed by atoms with Crippen molar-refractivity contribution in [1.82, 2.24) is 19.9 Å². The van der Waals surface area contributed by atoms with Crippen LogP contribution in [0.1, 0.15) is 41.9 Å². The molecule has 3 rings (SSSR count). The van der Waals surface area contributed by atoms with Gasteiger partial charge in [-0.3, -0.25) is 4.79 Å². The number of aromatic nitrogens is 3. The lowest BCUT2D eigenvalue weighted by atomic mass is 9.95. The van der Waals surface area contributed by atoms with Crippen LogP contribution in [0.15, 0.2) is 28.4 Å². The monoisotopic (exact) mass is 320 g/mol. The molecule has 22 heavy (non-hydrogen) atoms. The Labute approximate surface area is 133 Å². The van der Waals surface area contributed by atoms with Crippen molar-refractivity contribution in [2.45, 2.75) is 49.1 Å². The maximum atomic E-state index is 12.1. The Bertz CT molecular complexity index is 644. The van der Waals surface area contributed by atoms with Crippen molar-refractivity contribution in [2.24, 2.45) is 7.05 Å². The van der Waals surface area contributed by atoms with Crippen LogP contribution in [0.5, 0.6) is 0 Å². The fourth-order valence-electron chi connectivity index (χ4n) is 2.71. The highest BCUT2D eigenvalue weighted by molar-refractivity contribution is 7.99. The first-order chi connectivity index (χ1) is 10.6. The van der Waals surface area contributed by atoms with E-state index in [4.69, 9.17) is 4.42 Å². The van der Waals surface area contributed by atoms with E-state index in [1.54, 1.807) is 6.92 Å². The molecule has 2 aromatic heterocycles. The molecule has 2 heterocycles. The number of oxazole rings is 1. The summed E-state index contributed by atoms with van der Waals surface area (Å²) in [5.41, 5.74) is 0.636. The molecule has 7 heteroatoms. The lowest BCUT2D eigenvalue weighted by Gasteiger charge is -2.28. The number of rotatable bonds is 4. The largest absolute Gasteiger partial charge is 0.438 e. The summed E-state index contributed by atoms with van der Waals surface area (Å²) in [7, 11) is 2.01. The molecule has 0 radical (unpaired) electrons. The topological polar surface area (TPSA) is 73.0 Å². The Balaban J connectivity index is 1.49. The van der Waals surface area contributed by atoms with Crippen molar-refractivity contribution in [3.8, 4) is 0 Å². The van der Waals surface area contributed by atoms with E-state index in [0.717, 1.165) is 30.8 Å². The van der Waals surface area contributed by atoms with Gasteiger partial charge in [0, 0.05) is 30.7 Å². The number of hydrogen-bond acceptors (Lipinski definition) is 5. The van der Waals surface area contributed by atoms with Gasteiger partial charge in [-0.2, -0.15) is 0 Å². The molecule has 0 spiro atoms. The number of carbonyl (C=O) groups is 1. The molecule has 0 saturated heterocycles. The van der Waals surface area contributed by atoms with Crippen LogP contribution in [0.25, 0.3) is 0 Å². The molecule has 0 bridgehead atoms. The summed E-state index contributed by atoms with van der Waals surface area (Å²) >= 11 is 1.83. The third-order valence-corrected chi connectivity index (χ3v) is 5.42. The molecular weight excluding hydrogens is 300 g/mol. The van der Waals surface area contributed by atoms with Crippen LogP contribution in [-0.4, -0.2) is 31.7 Å². The van der Waals surface area contributed by atoms with Gasteiger partial charge in [0.25, 0.3) is 5.91 Å². The molecule has 118 valence electrons. The molecule has 1 amide bonds. The van der Waals surface area contributed by atoms with Crippen LogP contribution in [0.2, 0.25) is 0 Å². The molecule has 1 saturated carbocycles. The summed E-state index contributed by atoms with van der Waals surface area (Å²) in [5, 5.41) is 4.68. The summed E-state index contributed by atoms with van der Waals surface area (Å²) in [6.45, 7) is 1.78.